The molecule has 5 rings (SSSR count). The predicted octanol–water partition coefficient (Wildman–Crippen LogP) is 5.56. The third kappa shape index (κ3) is 4.34. The number of aliphatic imine (C=N–C) groups is 1. The van der Waals surface area contributed by atoms with Crippen LogP contribution in [0.4, 0.5) is 11.4 Å². The van der Waals surface area contributed by atoms with Crippen LogP contribution in [0.15, 0.2) is 41.4 Å². The molecule has 0 N–H and O–H groups in total. The maximum Gasteiger partial charge on any atom is 0.240 e. The molecule has 1 atom stereocenters. The molecule has 1 saturated carbocycles. The Labute approximate surface area is 210 Å². The normalized spacial score (nSPS) is 24.6. The molecule has 35 heavy (non-hydrogen) atoms. The van der Waals surface area contributed by atoms with Gasteiger partial charge in [0.1, 0.15) is 5.84 Å². The maximum atomic E-state index is 14.5. The lowest BCUT2D eigenvalue weighted by atomic mass is 9.69. The number of nitrogens with zero attached hydrogens (tertiary/aromatic N) is 4. The number of hydrogen-bond donors (Lipinski definition) is 0. The van der Waals surface area contributed by atoms with Crippen molar-refractivity contribution in [3.05, 3.63) is 58.7 Å². The second-order valence-electron chi connectivity index (χ2n) is 11.2. The molecule has 1 aliphatic carbocycles. The summed E-state index contributed by atoms with van der Waals surface area (Å²) in [4.78, 5) is 26.9. The van der Waals surface area contributed by atoms with Crippen LogP contribution in [-0.4, -0.2) is 60.8 Å². The van der Waals surface area contributed by atoms with Crippen molar-refractivity contribution >= 4 is 23.1 Å². The Balaban J connectivity index is 1.71. The number of amidine groups is 1. The van der Waals surface area contributed by atoms with Gasteiger partial charge in [0.15, 0.2) is 0 Å². The monoisotopic (exact) mass is 472 g/mol. The summed E-state index contributed by atoms with van der Waals surface area (Å²) < 4.78 is 0. The number of carbonyl (C=O) groups excluding carboxylic acids is 1. The fourth-order valence-corrected chi connectivity index (χ4v) is 6.59. The van der Waals surface area contributed by atoms with E-state index in [9.17, 15) is 4.79 Å². The lowest BCUT2D eigenvalue weighted by Crippen LogP contribution is -2.57. The van der Waals surface area contributed by atoms with Gasteiger partial charge in [-0.15, -0.1) is 0 Å². The topological polar surface area (TPSA) is 39.2 Å². The van der Waals surface area contributed by atoms with Crippen LogP contribution >= 0.6 is 0 Å². The standard InChI is InChI=1S/C30H40N4O/c1-21-9-11-25(12-10-21)34-28(31-26-23(3)19-22(2)20-24(26)4)27(33-17-15-32(5)16-18-33)30(29(34)35)13-7-6-8-14-30/h9-12,19-20,27H,6-8,13-18H2,1-5H3. The molecule has 2 aliphatic heterocycles. The minimum Gasteiger partial charge on any atom is -0.304 e. The molecule has 0 radical (unpaired) electrons. The first-order valence-electron chi connectivity index (χ1n) is 13.3. The first-order valence-corrected chi connectivity index (χ1v) is 13.3. The summed E-state index contributed by atoms with van der Waals surface area (Å²) >= 11 is 0. The van der Waals surface area contributed by atoms with Gasteiger partial charge < -0.3 is 4.90 Å². The van der Waals surface area contributed by atoms with E-state index in [4.69, 9.17) is 4.99 Å². The van der Waals surface area contributed by atoms with Gasteiger partial charge in [0.25, 0.3) is 0 Å². The largest absolute Gasteiger partial charge is 0.304 e. The molecule has 3 aliphatic rings. The van der Waals surface area contributed by atoms with Crippen molar-refractivity contribution in [1.82, 2.24) is 9.80 Å². The SMILES string of the molecule is Cc1ccc(N2C(=O)C3(CCCCC3)C(N3CCN(C)CC3)C2=Nc2c(C)cc(C)cc2C)cc1. The molecule has 2 heterocycles. The number of likely N-dealkylation sites (N-methyl/N-ethyl adjacent to an activating group) is 1. The van der Waals surface area contributed by atoms with Crippen LogP contribution in [0.1, 0.15) is 54.4 Å². The van der Waals surface area contributed by atoms with Crippen molar-refractivity contribution in [3.8, 4) is 0 Å². The smallest absolute Gasteiger partial charge is 0.240 e. The summed E-state index contributed by atoms with van der Waals surface area (Å²) in [6.07, 6.45) is 5.37. The Morgan fingerprint density at radius 2 is 1.43 bits per heavy atom. The minimum absolute atomic E-state index is 0.0189. The number of amides is 1. The van der Waals surface area contributed by atoms with Gasteiger partial charge in [-0.2, -0.15) is 0 Å². The first-order chi connectivity index (χ1) is 16.8. The summed E-state index contributed by atoms with van der Waals surface area (Å²) in [7, 11) is 2.19. The molecule has 5 heteroatoms. The maximum absolute atomic E-state index is 14.5. The Morgan fingerprint density at radius 1 is 0.829 bits per heavy atom. The molecule has 5 nitrogen and oxygen atoms in total. The van der Waals surface area contributed by atoms with Crippen LogP contribution in [0.2, 0.25) is 0 Å². The average Bonchev–Trinajstić information content (AvgIpc) is 3.05. The molecule has 0 bridgehead atoms. The minimum atomic E-state index is -0.385. The third-order valence-corrected chi connectivity index (χ3v) is 8.43. The summed E-state index contributed by atoms with van der Waals surface area (Å²) in [5, 5.41) is 0. The number of piperazine rings is 1. The zero-order valence-corrected chi connectivity index (χ0v) is 22.1. The highest BCUT2D eigenvalue weighted by molar-refractivity contribution is 6.27. The zero-order valence-electron chi connectivity index (χ0n) is 22.1. The zero-order chi connectivity index (χ0) is 24.7. The molecule has 186 valence electrons. The highest BCUT2D eigenvalue weighted by atomic mass is 16.2. The molecule has 2 aromatic rings. The Bertz CT molecular complexity index is 1100. The van der Waals surface area contributed by atoms with E-state index in [-0.39, 0.29) is 17.4 Å². The van der Waals surface area contributed by atoms with Crippen molar-refractivity contribution in [1.29, 1.82) is 0 Å². The van der Waals surface area contributed by atoms with Crippen molar-refractivity contribution in [3.63, 3.8) is 0 Å². The number of hydrogen-bond acceptors (Lipinski definition) is 4. The predicted molar refractivity (Wildman–Crippen MR) is 145 cm³/mol. The number of carbonyl (C=O) groups is 1. The van der Waals surface area contributed by atoms with E-state index in [2.05, 4.69) is 80.9 Å². The van der Waals surface area contributed by atoms with Gasteiger partial charge >= 0.3 is 0 Å². The van der Waals surface area contributed by atoms with Gasteiger partial charge in [-0.25, -0.2) is 4.99 Å². The van der Waals surface area contributed by atoms with Gasteiger partial charge in [-0.1, -0.05) is 54.7 Å². The summed E-state index contributed by atoms with van der Waals surface area (Å²) in [5.74, 6) is 1.19. The van der Waals surface area contributed by atoms with E-state index in [1.54, 1.807) is 0 Å². The van der Waals surface area contributed by atoms with Gasteiger partial charge in [0.05, 0.1) is 22.8 Å². The second kappa shape index (κ2) is 9.51. The summed E-state index contributed by atoms with van der Waals surface area (Å²) in [6.45, 7) is 12.5. The lowest BCUT2D eigenvalue weighted by Gasteiger charge is -2.44. The quantitative estimate of drug-likeness (QED) is 0.587. The van der Waals surface area contributed by atoms with Crippen molar-refractivity contribution in [2.24, 2.45) is 10.4 Å². The van der Waals surface area contributed by atoms with Crippen molar-refractivity contribution in [2.45, 2.75) is 65.8 Å². The number of rotatable bonds is 3. The molecular formula is C30H40N4O. The van der Waals surface area contributed by atoms with E-state index in [1.165, 1.54) is 28.7 Å². The highest BCUT2D eigenvalue weighted by Crippen LogP contribution is 2.50. The Kier molecular flexibility index (Phi) is 6.58. The van der Waals surface area contributed by atoms with Crippen LogP contribution < -0.4 is 4.90 Å². The Hall–Kier alpha value is -2.50. The van der Waals surface area contributed by atoms with Crippen LogP contribution in [0.25, 0.3) is 0 Å². The molecule has 1 unspecified atom stereocenters. The first kappa shape index (κ1) is 24.2. The fourth-order valence-electron chi connectivity index (χ4n) is 6.59. The van der Waals surface area contributed by atoms with Crippen LogP contribution in [-0.2, 0) is 4.79 Å². The number of aryl methyl sites for hydroxylation is 4. The van der Waals surface area contributed by atoms with Crippen LogP contribution in [0.5, 0.6) is 0 Å². The average molecular weight is 473 g/mol. The van der Waals surface area contributed by atoms with Gasteiger partial charge in [0.2, 0.25) is 5.91 Å². The highest BCUT2D eigenvalue weighted by Gasteiger charge is 2.60. The molecular weight excluding hydrogens is 432 g/mol. The number of anilines is 1. The molecule has 1 spiro atoms. The van der Waals surface area contributed by atoms with Gasteiger partial charge in [-0.05, 0) is 70.8 Å². The Morgan fingerprint density at radius 3 is 2.03 bits per heavy atom. The van der Waals surface area contributed by atoms with Crippen molar-refractivity contribution in [2.75, 3.05) is 38.1 Å². The third-order valence-electron chi connectivity index (χ3n) is 8.43. The van der Waals surface area contributed by atoms with E-state index in [0.717, 1.165) is 69.1 Å². The molecule has 2 saturated heterocycles. The molecule has 2 aromatic carbocycles. The lowest BCUT2D eigenvalue weighted by molar-refractivity contribution is -0.130. The van der Waals surface area contributed by atoms with Gasteiger partial charge in [0, 0.05) is 26.2 Å². The summed E-state index contributed by atoms with van der Waals surface area (Å²) in [5.41, 5.74) is 6.38. The summed E-state index contributed by atoms with van der Waals surface area (Å²) in [6, 6.07) is 12.9. The van der Waals surface area contributed by atoms with E-state index in [0.29, 0.717) is 0 Å². The molecule has 0 aromatic heterocycles. The van der Waals surface area contributed by atoms with E-state index < -0.39 is 0 Å². The second-order valence-corrected chi connectivity index (χ2v) is 11.2. The molecule has 1 amide bonds. The van der Waals surface area contributed by atoms with Crippen molar-refractivity contribution < 1.29 is 4.79 Å². The van der Waals surface area contributed by atoms with Crippen LogP contribution in [0.3, 0.4) is 0 Å². The fraction of sp³-hybridized carbons (Fsp3) is 0.533. The van der Waals surface area contributed by atoms with Gasteiger partial charge in [-0.3, -0.25) is 14.6 Å². The number of benzene rings is 2. The van der Waals surface area contributed by atoms with Crippen LogP contribution in [0, 0.1) is 33.1 Å². The van der Waals surface area contributed by atoms with E-state index >= 15 is 0 Å². The van der Waals surface area contributed by atoms with E-state index in [1.807, 2.05) is 4.90 Å². The molecule has 3 fully saturated rings.